The Bertz CT molecular complexity index is 904. The standard InChI is InChI=1S/C19H22N6O2/c26-11-10-25-9-5-16(23-25)15-2-1-8-24(13-15)19(27)18-12-17(21-22-18)14-3-6-20-7-4-14/h3-7,9,12,15,26H,1-2,8,10-11,13H2,(H,21,22). The van der Waals surface area contributed by atoms with Crippen molar-refractivity contribution in [3.8, 4) is 11.3 Å². The summed E-state index contributed by atoms with van der Waals surface area (Å²) in [5.41, 5.74) is 3.12. The third kappa shape index (κ3) is 3.75. The molecule has 1 fully saturated rings. The number of piperidine rings is 1. The smallest absolute Gasteiger partial charge is 0.271 e. The van der Waals surface area contributed by atoms with Gasteiger partial charge in [0.15, 0.2) is 0 Å². The van der Waals surface area contributed by atoms with Crippen molar-refractivity contribution in [2.24, 2.45) is 0 Å². The number of nitrogens with zero attached hydrogens (tertiary/aromatic N) is 5. The van der Waals surface area contributed by atoms with Crippen LogP contribution in [0.3, 0.4) is 0 Å². The van der Waals surface area contributed by atoms with E-state index in [0.29, 0.717) is 18.8 Å². The summed E-state index contributed by atoms with van der Waals surface area (Å²) >= 11 is 0. The van der Waals surface area contributed by atoms with E-state index < -0.39 is 0 Å². The number of aliphatic hydroxyl groups is 1. The van der Waals surface area contributed by atoms with Gasteiger partial charge in [0.25, 0.3) is 5.91 Å². The van der Waals surface area contributed by atoms with E-state index in [0.717, 1.165) is 36.3 Å². The van der Waals surface area contributed by atoms with E-state index >= 15 is 0 Å². The van der Waals surface area contributed by atoms with Gasteiger partial charge in [-0.05, 0) is 37.1 Å². The number of aromatic nitrogens is 5. The minimum atomic E-state index is -0.0395. The third-order valence-corrected chi connectivity index (χ3v) is 4.90. The van der Waals surface area contributed by atoms with Crippen molar-refractivity contribution < 1.29 is 9.90 Å². The molecule has 4 heterocycles. The van der Waals surface area contributed by atoms with Crippen molar-refractivity contribution in [1.82, 2.24) is 29.9 Å². The van der Waals surface area contributed by atoms with Crippen LogP contribution < -0.4 is 0 Å². The highest BCUT2D eigenvalue weighted by atomic mass is 16.3. The lowest BCUT2D eigenvalue weighted by molar-refractivity contribution is 0.0699. The van der Waals surface area contributed by atoms with Crippen LogP contribution in [0, 0.1) is 0 Å². The summed E-state index contributed by atoms with van der Waals surface area (Å²) in [7, 11) is 0. The van der Waals surface area contributed by atoms with E-state index in [1.807, 2.05) is 29.3 Å². The van der Waals surface area contributed by atoms with Gasteiger partial charge in [-0.3, -0.25) is 19.6 Å². The lowest BCUT2D eigenvalue weighted by Crippen LogP contribution is -2.39. The zero-order valence-corrected chi connectivity index (χ0v) is 15.0. The molecular formula is C19H22N6O2. The van der Waals surface area contributed by atoms with Gasteiger partial charge in [-0.15, -0.1) is 0 Å². The highest BCUT2D eigenvalue weighted by Gasteiger charge is 2.27. The van der Waals surface area contributed by atoms with Crippen LogP contribution in [-0.4, -0.2) is 60.6 Å². The Morgan fingerprint density at radius 2 is 2.15 bits per heavy atom. The van der Waals surface area contributed by atoms with Crippen molar-refractivity contribution in [3.05, 3.63) is 54.2 Å². The average molecular weight is 366 g/mol. The van der Waals surface area contributed by atoms with Crippen molar-refractivity contribution in [3.63, 3.8) is 0 Å². The van der Waals surface area contributed by atoms with Crippen LogP contribution in [0.25, 0.3) is 11.3 Å². The molecule has 1 unspecified atom stereocenters. The molecule has 0 spiro atoms. The maximum Gasteiger partial charge on any atom is 0.271 e. The van der Waals surface area contributed by atoms with Gasteiger partial charge < -0.3 is 10.0 Å². The first-order valence-electron chi connectivity index (χ1n) is 9.14. The summed E-state index contributed by atoms with van der Waals surface area (Å²) in [5, 5.41) is 20.7. The Balaban J connectivity index is 1.46. The molecule has 140 valence electrons. The van der Waals surface area contributed by atoms with Crippen molar-refractivity contribution in [2.75, 3.05) is 19.7 Å². The molecule has 0 aromatic carbocycles. The van der Waals surface area contributed by atoms with Crippen LogP contribution in [0.15, 0.2) is 42.9 Å². The Morgan fingerprint density at radius 1 is 1.30 bits per heavy atom. The molecule has 3 aromatic rings. The molecule has 8 nitrogen and oxygen atoms in total. The Kier molecular flexibility index (Phi) is 4.97. The predicted octanol–water partition coefficient (Wildman–Crippen LogP) is 1.68. The number of amides is 1. The van der Waals surface area contributed by atoms with Gasteiger partial charge in [-0.2, -0.15) is 10.2 Å². The monoisotopic (exact) mass is 366 g/mol. The molecule has 1 saturated heterocycles. The molecule has 0 radical (unpaired) electrons. The Labute approximate surface area is 156 Å². The van der Waals surface area contributed by atoms with Gasteiger partial charge in [-0.25, -0.2) is 0 Å². The molecule has 27 heavy (non-hydrogen) atoms. The fourth-order valence-electron chi connectivity index (χ4n) is 3.50. The molecular weight excluding hydrogens is 344 g/mol. The number of aromatic amines is 1. The summed E-state index contributed by atoms with van der Waals surface area (Å²) in [6.07, 6.45) is 7.23. The molecule has 1 amide bonds. The number of nitrogens with one attached hydrogen (secondary N) is 1. The van der Waals surface area contributed by atoms with E-state index in [4.69, 9.17) is 5.11 Å². The number of rotatable bonds is 5. The van der Waals surface area contributed by atoms with E-state index in [9.17, 15) is 4.79 Å². The molecule has 0 aliphatic carbocycles. The summed E-state index contributed by atoms with van der Waals surface area (Å²) in [6.45, 7) is 1.92. The van der Waals surface area contributed by atoms with Gasteiger partial charge in [0.2, 0.25) is 0 Å². The van der Waals surface area contributed by atoms with E-state index in [-0.39, 0.29) is 18.4 Å². The lowest BCUT2D eigenvalue weighted by atomic mass is 9.95. The molecule has 2 N–H and O–H groups in total. The summed E-state index contributed by atoms with van der Waals surface area (Å²) in [6, 6.07) is 7.50. The first-order chi connectivity index (χ1) is 13.2. The first-order valence-corrected chi connectivity index (χ1v) is 9.14. The molecule has 0 bridgehead atoms. The minimum absolute atomic E-state index is 0.0395. The highest BCUT2D eigenvalue weighted by Crippen LogP contribution is 2.27. The van der Waals surface area contributed by atoms with E-state index in [2.05, 4.69) is 20.3 Å². The number of hydrogen-bond donors (Lipinski definition) is 2. The second-order valence-corrected chi connectivity index (χ2v) is 6.72. The van der Waals surface area contributed by atoms with Crippen LogP contribution >= 0.6 is 0 Å². The van der Waals surface area contributed by atoms with Crippen molar-refractivity contribution in [2.45, 2.75) is 25.3 Å². The normalized spacial score (nSPS) is 17.2. The van der Waals surface area contributed by atoms with Crippen LogP contribution in [0.5, 0.6) is 0 Å². The van der Waals surface area contributed by atoms with Crippen LogP contribution in [0.1, 0.15) is 34.9 Å². The van der Waals surface area contributed by atoms with E-state index in [1.165, 1.54) is 0 Å². The number of likely N-dealkylation sites (tertiary alicyclic amines) is 1. The second kappa shape index (κ2) is 7.71. The van der Waals surface area contributed by atoms with E-state index in [1.54, 1.807) is 23.1 Å². The number of carbonyl (C=O) groups is 1. The Morgan fingerprint density at radius 3 is 2.96 bits per heavy atom. The topological polar surface area (TPSA) is 99.9 Å². The van der Waals surface area contributed by atoms with Gasteiger partial charge in [0.05, 0.1) is 24.5 Å². The lowest BCUT2D eigenvalue weighted by Gasteiger charge is -2.31. The zero-order chi connectivity index (χ0) is 18.6. The van der Waals surface area contributed by atoms with Crippen molar-refractivity contribution >= 4 is 5.91 Å². The summed E-state index contributed by atoms with van der Waals surface area (Å²) < 4.78 is 1.74. The zero-order valence-electron chi connectivity index (χ0n) is 15.0. The number of carbonyl (C=O) groups excluding carboxylic acids is 1. The summed E-state index contributed by atoms with van der Waals surface area (Å²) in [5.74, 6) is 0.174. The largest absolute Gasteiger partial charge is 0.394 e. The highest BCUT2D eigenvalue weighted by molar-refractivity contribution is 5.93. The van der Waals surface area contributed by atoms with Crippen molar-refractivity contribution in [1.29, 1.82) is 0 Å². The first kappa shape index (κ1) is 17.4. The number of H-pyrrole nitrogens is 1. The average Bonchev–Trinajstić information content (AvgIpc) is 3.39. The molecule has 4 rings (SSSR count). The molecule has 0 saturated carbocycles. The fraction of sp³-hybridized carbons (Fsp3) is 0.368. The quantitative estimate of drug-likeness (QED) is 0.716. The molecule has 3 aromatic heterocycles. The fourth-order valence-corrected chi connectivity index (χ4v) is 3.50. The summed E-state index contributed by atoms with van der Waals surface area (Å²) in [4.78, 5) is 18.8. The van der Waals surface area contributed by atoms with Gasteiger partial charge in [0.1, 0.15) is 5.69 Å². The second-order valence-electron chi connectivity index (χ2n) is 6.72. The molecule has 1 aliphatic heterocycles. The maximum atomic E-state index is 12.9. The molecule has 8 heteroatoms. The van der Waals surface area contributed by atoms with Crippen LogP contribution in [-0.2, 0) is 6.54 Å². The minimum Gasteiger partial charge on any atom is -0.394 e. The number of pyridine rings is 1. The number of hydrogen-bond acceptors (Lipinski definition) is 5. The SMILES string of the molecule is O=C(c1cc(-c2ccncc2)n[nH]1)N1CCCC(c2ccn(CCO)n2)C1. The molecule has 1 atom stereocenters. The van der Waals surface area contributed by atoms with Crippen LogP contribution in [0.4, 0.5) is 0 Å². The van der Waals surface area contributed by atoms with Gasteiger partial charge >= 0.3 is 0 Å². The third-order valence-electron chi connectivity index (χ3n) is 4.90. The van der Waals surface area contributed by atoms with Gasteiger partial charge in [-0.1, -0.05) is 0 Å². The number of aliphatic hydroxyl groups excluding tert-OH is 1. The van der Waals surface area contributed by atoms with Gasteiger partial charge in [0, 0.05) is 43.2 Å². The maximum absolute atomic E-state index is 12.9. The Hall–Kier alpha value is -3.00. The van der Waals surface area contributed by atoms with Crippen LogP contribution in [0.2, 0.25) is 0 Å². The predicted molar refractivity (Wildman–Crippen MR) is 99.0 cm³/mol. The molecule has 1 aliphatic rings.